The van der Waals surface area contributed by atoms with E-state index in [0.29, 0.717) is 36.1 Å². The molecule has 3 rings (SSSR count). The molecule has 0 aromatic heterocycles. The van der Waals surface area contributed by atoms with Gasteiger partial charge in [0.05, 0.1) is 12.3 Å². The van der Waals surface area contributed by atoms with Crippen LogP contribution in [0.15, 0.2) is 48.5 Å². The number of hydrogen-bond donors (Lipinski definition) is 6. The molecular formula is C36H52N6O7S. The number of carbonyl (C=O) groups excluding carboxylic acids is 3. The summed E-state index contributed by atoms with van der Waals surface area (Å²) in [4.78, 5) is 51.4. The van der Waals surface area contributed by atoms with E-state index in [4.69, 9.17) is 16.2 Å². The molecule has 0 aliphatic heterocycles. The summed E-state index contributed by atoms with van der Waals surface area (Å²) >= 11 is 0. The highest BCUT2D eigenvalue weighted by Gasteiger charge is 2.32. The Bertz CT molecular complexity index is 1560. The number of aliphatic carboxylic acids is 1. The summed E-state index contributed by atoms with van der Waals surface area (Å²) in [6.45, 7) is 2.46. The van der Waals surface area contributed by atoms with Crippen molar-refractivity contribution in [3.8, 4) is 0 Å². The van der Waals surface area contributed by atoms with Crippen LogP contribution in [0.4, 0.5) is 0 Å². The van der Waals surface area contributed by atoms with Gasteiger partial charge in [-0.05, 0) is 41.9 Å². The number of hydrogen-bond acceptors (Lipinski definition) is 7. The first kappa shape index (κ1) is 40.1. The fourth-order valence-electron chi connectivity index (χ4n) is 6.02. The van der Waals surface area contributed by atoms with E-state index in [2.05, 4.69) is 15.4 Å². The van der Waals surface area contributed by atoms with E-state index in [1.165, 1.54) is 4.90 Å². The smallest absolute Gasteiger partial charge is 0.303 e. The van der Waals surface area contributed by atoms with Gasteiger partial charge in [0, 0.05) is 38.0 Å². The molecule has 7 N–H and O–H groups in total. The van der Waals surface area contributed by atoms with E-state index in [0.717, 1.165) is 44.1 Å². The predicted molar refractivity (Wildman–Crippen MR) is 191 cm³/mol. The third kappa shape index (κ3) is 14.7. The van der Waals surface area contributed by atoms with Crippen molar-refractivity contribution in [2.45, 2.75) is 102 Å². The number of amides is 3. The molecule has 2 aromatic rings. The maximum atomic E-state index is 14.1. The average molecular weight is 713 g/mol. The number of sulfonamides is 1. The van der Waals surface area contributed by atoms with Gasteiger partial charge in [-0.15, -0.1) is 0 Å². The number of carboxylic acids is 1. The van der Waals surface area contributed by atoms with Crippen LogP contribution in [0.2, 0.25) is 0 Å². The second-order valence-electron chi connectivity index (χ2n) is 13.0. The van der Waals surface area contributed by atoms with Gasteiger partial charge in [-0.1, -0.05) is 94.0 Å². The van der Waals surface area contributed by atoms with Crippen molar-refractivity contribution >= 4 is 39.5 Å². The summed E-state index contributed by atoms with van der Waals surface area (Å²) in [5.41, 5.74) is 8.07. The van der Waals surface area contributed by atoms with E-state index in [9.17, 15) is 27.6 Å². The predicted octanol–water partition coefficient (Wildman–Crippen LogP) is 3.55. The minimum Gasteiger partial charge on any atom is -0.481 e. The molecule has 2 aromatic carbocycles. The summed E-state index contributed by atoms with van der Waals surface area (Å²) in [5, 5.41) is 21.9. The van der Waals surface area contributed by atoms with E-state index in [1.807, 2.05) is 6.92 Å². The molecule has 0 unspecified atom stereocenters. The molecule has 0 radical (unpaired) electrons. The molecule has 0 heterocycles. The quantitative estimate of drug-likeness (QED) is 0.0830. The first-order chi connectivity index (χ1) is 23.8. The van der Waals surface area contributed by atoms with E-state index in [1.54, 1.807) is 48.5 Å². The summed E-state index contributed by atoms with van der Waals surface area (Å²) < 4.78 is 29.9. The lowest BCUT2D eigenvalue weighted by molar-refractivity contribution is -0.138. The van der Waals surface area contributed by atoms with Crippen molar-refractivity contribution in [1.29, 1.82) is 5.41 Å². The minimum absolute atomic E-state index is 0.0501. The van der Waals surface area contributed by atoms with Crippen molar-refractivity contribution in [3.63, 3.8) is 0 Å². The Morgan fingerprint density at radius 1 is 0.920 bits per heavy atom. The number of carboxylic acid groups (broad SMARTS) is 1. The van der Waals surface area contributed by atoms with Gasteiger partial charge in [0.1, 0.15) is 11.9 Å². The summed E-state index contributed by atoms with van der Waals surface area (Å²) in [6, 6.07) is 12.7. The van der Waals surface area contributed by atoms with Crippen molar-refractivity contribution in [1.82, 2.24) is 20.3 Å². The molecule has 1 saturated carbocycles. The van der Waals surface area contributed by atoms with Gasteiger partial charge >= 0.3 is 5.97 Å². The van der Waals surface area contributed by atoms with Gasteiger partial charge in [0.2, 0.25) is 27.7 Å². The van der Waals surface area contributed by atoms with Gasteiger partial charge in [-0.2, -0.15) is 0 Å². The molecule has 1 fully saturated rings. The summed E-state index contributed by atoms with van der Waals surface area (Å²) in [6.07, 6.45) is 6.97. The SMILES string of the molecule is CCCCN(CC(=O)NCc1ccc(C(=N)N)cc1)C(=O)[C@@H](CC1CCCCC1)NS(=O)(=O)Cc1cccc(CNC(=O)CCCC(=O)O)c1. The molecule has 3 amide bonds. The fourth-order valence-corrected chi connectivity index (χ4v) is 7.35. The topological polar surface area (TPSA) is 212 Å². The van der Waals surface area contributed by atoms with Crippen molar-refractivity contribution in [2.75, 3.05) is 13.1 Å². The standard InChI is InChI=1S/C36H52N6O7S/c1-2-3-19-42(24-33(44)40-22-27-15-17-30(18-16-27)35(37)38)36(47)31(21-26-9-5-4-6-10-26)41-50(48,49)25-29-12-7-11-28(20-29)23-39-32(43)13-8-14-34(45)46/h7,11-12,15-18,20,26,31,41H,2-6,8-10,13-14,19,21-25H2,1H3,(H3,37,38)(H,39,43)(H,40,44)(H,45,46)/t31-/m1/s1. The Morgan fingerprint density at radius 3 is 2.24 bits per heavy atom. The molecular weight excluding hydrogens is 660 g/mol. The van der Waals surface area contributed by atoms with Crippen LogP contribution in [0.3, 0.4) is 0 Å². The first-order valence-corrected chi connectivity index (χ1v) is 19.1. The highest BCUT2D eigenvalue weighted by Crippen LogP contribution is 2.28. The molecule has 274 valence electrons. The van der Waals surface area contributed by atoms with Crippen LogP contribution in [0.1, 0.15) is 99.8 Å². The third-order valence-corrected chi connectivity index (χ3v) is 10.1. The molecule has 0 saturated heterocycles. The number of benzene rings is 2. The monoisotopic (exact) mass is 712 g/mol. The Balaban J connectivity index is 1.69. The Kier molecular flexibility index (Phi) is 16.4. The number of nitrogens with zero attached hydrogens (tertiary/aromatic N) is 1. The van der Waals surface area contributed by atoms with Crippen LogP contribution >= 0.6 is 0 Å². The largest absolute Gasteiger partial charge is 0.481 e. The van der Waals surface area contributed by atoms with E-state index >= 15 is 0 Å². The zero-order valence-electron chi connectivity index (χ0n) is 28.9. The number of amidine groups is 1. The lowest BCUT2D eigenvalue weighted by atomic mass is 9.84. The zero-order valence-corrected chi connectivity index (χ0v) is 29.7. The van der Waals surface area contributed by atoms with Gasteiger partial charge < -0.3 is 26.4 Å². The maximum absolute atomic E-state index is 14.1. The molecule has 0 bridgehead atoms. The van der Waals surface area contributed by atoms with Crippen LogP contribution in [0.25, 0.3) is 0 Å². The first-order valence-electron chi connectivity index (χ1n) is 17.4. The number of nitrogen functional groups attached to an aromatic ring is 1. The normalized spacial score (nSPS) is 14.0. The van der Waals surface area contributed by atoms with Crippen molar-refractivity contribution < 1.29 is 32.7 Å². The molecule has 50 heavy (non-hydrogen) atoms. The van der Waals surface area contributed by atoms with Crippen molar-refractivity contribution in [3.05, 3.63) is 70.8 Å². The van der Waals surface area contributed by atoms with Gasteiger partial charge in [-0.3, -0.25) is 24.6 Å². The second kappa shape index (κ2) is 20.4. The highest BCUT2D eigenvalue weighted by molar-refractivity contribution is 7.88. The minimum atomic E-state index is -4.00. The van der Waals surface area contributed by atoms with Crippen LogP contribution in [-0.4, -0.2) is 67.1 Å². The third-order valence-electron chi connectivity index (χ3n) is 8.73. The fraction of sp³-hybridized carbons (Fsp3) is 0.528. The van der Waals surface area contributed by atoms with Crippen LogP contribution in [0.5, 0.6) is 0 Å². The van der Waals surface area contributed by atoms with Gasteiger partial charge in [-0.25, -0.2) is 13.1 Å². The second-order valence-corrected chi connectivity index (χ2v) is 14.8. The van der Waals surface area contributed by atoms with E-state index in [-0.39, 0.29) is 68.2 Å². The summed E-state index contributed by atoms with van der Waals surface area (Å²) in [5.74, 6) is -2.29. The van der Waals surface area contributed by atoms with Gasteiger partial charge in [0.15, 0.2) is 0 Å². The summed E-state index contributed by atoms with van der Waals surface area (Å²) in [7, 11) is -4.00. The lowest BCUT2D eigenvalue weighted by Gasteiger charge is -2.31. The van der Waals surface area contributed by atoms with E-state index < -0.39 is 27.9 Å². The van der Waals surface area contributed by atoms with Gasteiger partial charge in [0.25, 0.3) is 0 Å². The molecule has 1 aliphatic carbocycles. The van der Waals surface area contributed by atoms with Crippen LogP contribution < -0.4 is 21.1 Å². The molecule has 1 atom stereocenters. The maximum Gasteiger partial charge on any atom is 0.303 e. The Morgan fingerprint density at radius 2 is 1.58 bits per heavy atom. The Labute approximate surface area is 295 Å². The number of nitrogens with two attached hydrogens (primary N) is 1. The van der Waals surface area contributed by atoms with Crippen molar-refractivity contribution in [2.24, 2.45) is 11.7 Å². The Hall–Kier alpha value is -4.30. The lowest BCUT2D eigenvalue weighted by Crippen LogP contribution is -2.52. The molecule has 14 heteroatoms. The number of rotatable bonds is 21. The molecule has 0 spiro atoms. The highest BCUT2D eigenvalue weighted by atomic mass is 32.2. The molecule has 13 nitrogen and oxygen atoms in total. The van der Waals surface area contributed by atoms with Crippen LogP contribution in [-0.2, 0) is 48.0 Å². The molecule has 1 aliphatic rings. The average Bonchev–Trinajstić information content (AvgIpc) is 3.08. The van der Waals surface area contributed by atoms with Crippen LogP contribution in [0, 0.1) is 11.3 Å². The zero-order chi connectivity index (χ0) is 36.5. The number of nitrogens with one attached hydrogen (secondary N) is 4. The number of carbonyl (C=O) groups is 4. The number of unbranched alkanes of at least 4 members (excludes halogenated alkanes) is 1.